The van der Waals surface area contributed by atoms with Crippen molar-refractivity contribution in [2.75, 3.05) is 19.0 Å². The third kappa shape index (κ3) is 1.76. The summed E-state index contributed by atoms with van der Waals surface area (Å²) in [4.78, 5) is 27.2. The number of rotatable bonds is 1. The number of aromatic hydroxyl groups is 1. The third-order valence-electron chi connectivity index (χ3n) is 3.79. The van der Waals surface area contributed by atoms with Gasteiger partial charge in [0.25, 0.3) is 0 Å². The Kier molecular flexibility index (Phi) is 2.83. The molecule has 1 aliphatic carbocycles. The van der Waals surface area contributed by atoms with Crippen molar-refractivity contribution in [3.63, 3.8) is 0 Å². The molecule has 0 amide bonds. The molecule has 0 heterocycles. The fourth-order valence-electron chi connectivity index (χ4n) is 2.96. The smallest absolute Gasteiger partial charge is 0.198 e. The number of carbonyl (C=O) groups excluding carboxylic acids is 2. The molecule has 21 heavy (non-hydrogen) atoms. The minimum Gasteiger partial charge on any atom is -0.507 e. The van der Waals surface area contributed by atoms with Gasteiger partial charge in [0.05, 0.1) is 16.8 Å². The number of ketones is 2. The predicted octanol–water partition coefficient (Wildman–Crippen LogP) is 2.54. The Balaban J connectivity index is 2.42. The monoisotopic (exact) mass is 281 g/mol. The van der Waals surface area contributed by atoms with E-state index in [2.05, 4.69) is 0 Å². The van der Waals surface area contributed by atoms with E-state index in [1.807, 2.05) is 21.0 Å². The van der Waals surface area contributed by atoms with Gasteiger partial charge in [-0.2, -0.15) is 0 Å². The standard InChI is InChI=1S/C17H15NO3/c1-9-8-12(19)13-14(15(9)18(2)3)17(21)11-7-5-4-6-10(11)16(13)20/h4-8,19H,1-3H3. The molecule has 0 aromatic heterocycles. The highest BCUT2D eigenvalue weighted by Gasteiger charge is 2.35. The van der Waals surface area contributed by atoms with Crippen LogP contribution in [-0.4, -0.2) is 30.8 Å². The maximum Gasteiger partial charge on any atom is 0.198 e. The van der Waals surface area contributed by atoms with Gasteiger partial charge in [-0.3, -0.25) is 9.59 Å². The second-order valence-corrected chi connectivity index (χ2v) is 5.41. The van der Waals surface area contributed by atoms with Crippen LogP contribution in [0.25, 0.3) is 0 Å². The summed E-state index contributed by atoms with van der Waals surface area (Å²) < 4.78 is 0. The molecule has 3 rings (SSSR count). The van der Waals surface area contributed by atoms with Crippen molar-refractivity contribution in [1.82, 2.24) is 0 Å². The van der Waals surface area contributed by atoms with Crippen LogP contribution >= 0.6 is 0 Å². The molecule has 1 N–H and O–H groups in total. The predicted molar refractivity (Wildman–Crippen MR) is 80.5 cm³/mol. The second kappa shape index (κ2) is 4.45. The number of benzene rings is 2. The second-order valence-electron chi connectivity index (χ2n) is 5.41. The van der Waals surface area contributed by atoms with Crippen LogP contribution in [0.1, 0.15) is 37.4 Å². The van der Waals surface area contributed by atoms with E-state index in [-0.39, 0.29) is 22.9 Å². The van der Waals surface area contributed by atoms with Gasteiger partial charge in [-0.05, 0) is 18.6 Å². The lowest BCUT2D eigenvalue weighted by atomic mass is 9.81. The summed E-state index contributed by atoms with van der Waals surface area (Å²) in [7, 11) is 3.63. The maximum atomic E-state index is 12.8. The van der Waals surface area contributed by atoms with E-state index >= 15 is 0 Å². The molecule has 0 unspecified atom stereocenters. The van der Waals surface area contributed by atoms with E-state index in [0.29, 0.717) is 22.4 Å². The van der Waals surface area contributed by atoms with Gasteiger partial charge in [0.2, 0.25) is 0 Å². The fraction of sp³-hybridized carbons (Fsp3) is 0.176. The van der Waals surface area contributed by atoms with Gasteiger partial charge in [0.1, 0.15) is 5.75 Å². The van der Waals surface area contributed by atoms with Crippen LogP contribution in [0.4, 0.5) is 5.69 Å². The average Bonchev–Trinajstić information content (AvgIpc) is 2.43. The van der Waals surface area contributed by atoms with Crippen LogP contribution in [0, 0.1) is 6.92 Å². The van der Waals surface area contributed by atoms with Crippen molar-refractivity contribution < 1.29 is 14.7 Å². The topological polar surface area (TPSA) is 57.6 Å². The number of hydrogen-bond acceptors (Lipinski definition) is 4. The molecule has 0 spiro atoms. The molecule has 0 aliphatic heterocycles. The lowest BCUT2D eigenvalue weighted by molar-refractivity contribution is 0.0977. The Morgan fingerprint density at radius 2 is 1.48 bits per heavy atom. The number of aryl methyl sites for hydroxylation is 1. The molecule has 0 fully saturated rings. The number of anilines is 1. The van der Waals surface area contributed by atoms with Gasteiger partial charge in [-0.25, -0.2) is 0 Å². The van der Waals surface area contributed by atoms with Gasteiger partial charge in [-0.15, -0.1) is 0 Å². The largest absolute Gasteiger partial charge is 0.507 e. The Labute approximate surface area is 122 Å². The Morgan fingerprint density at radius 3 is 2.00 bits per heavy atom. The van der Waals surface area contributed by atoms with Crippen molar-refractivity contribution in [3.05, 3.63) is 58.1 Å². The number of fused-ring (bicyclic) bond motifs is 2. The van der Waals surface area contributed by atoms with E-state index in [9.17, 15) is 14.7 Å². The van der Waals surface area contributed by atoms with Crippen molar-refractivity contribution in [1.29, 1.82) is 0 Å². The summed E-state index contributed by atoms with van der Waals surface area (Å²) in [6.45, 7) is 1.81. The molecule has 0 saturated heterocycles. The molecule has 0 atom stereocenters. The molecular formula is C17H15NO3. The van der Waals surface area contributed by atoms with Crippen molar-refractivity contribution >= 4 is 17.3 Å². The highest BCUT2D eigenvalue weighted by atomic mass is 16.3. The molecule has 0 bridgehead atoms. The first kappa shape index (κ1) is 13.4. The number of phenols is 1. The van der Waals surface area contributed by atoms with Crippen LogP contribution in [0.5, 0.6) is 5.75 Å². The maximum absolute atomic E-state index is 12.8. The minimum absolute atomic E-state index is 0.105. The third-order valence-corrected chi connectivity index (χ3v) is 3.79. The fourth-order valence-corrected chi connectivity index (χ4v) is 2.96. The number of phenolic OH excluding ortho intramolecular Hbond substituents is 1. The minimum atomic E-state index is -0.305. The first-order valence-electron chi connectivity index (χ1n) is 6.65. The van der Waals surface area contributed by atoms with Crippen molar-refractivity contribution in [2.45, 2.75) is 6.92 Å². The zero-order chi connectivity index (χ0) is 15.3. The highest BCUT2D eigenvalue weighted by molar-refractivity contribution is 6.31. The van der Waals surface area contributed by atoms with E-state index in [4.69, 9.17) is 0 Å². The number of hydrogen-bond donors (Lipinski definition) is 1. The van der Waals surface area contributed by atoms with Crippen LogP contribution in [0.3, 0.4) is 0 Å². The van der Waals surface area contributed by atoms with Crippen molar-refractivity contribution in [3.8, 4) is 5.75 Å². The van der Waals surface area contributed by atoms with Crippen LogP contribution in [-0.2, 0) is 0 Å². The van der Waals surface area contributed by atoms with Crippen molar-refractivity contribution in [2.24, 2.45) is 0 Å². The summed E-state index contributed by atoms with van der Waals surface area (Å²) in [5.74, 6) is -0.662. The molecule has 4 nitrogen and oxygen atoms in total. The summed E-state index contributed by atoms with van der Waals surface area (Å²) >= 11 is 0. The first-order chi connectivity index (χ1) is 9.93. The summed E-state index contributed by atoms with van der Waals surface area (Å²) in [6, 6.07) is 8.25. The molecule has 2 aromatic rings. The summed E-state index contributed by atoms with van der Waals surface area (Å²) in [5.41, 5.74) is 2.57. The molecule has 2 aromatic carbocycles. The van der Waals surface area contributed by atoms with E-state index in [1.54, 1.807) is 29.2 Å². The number of carbonyl (C=O) groups is 2. The van der Waals surface area contributed by atoms with Crippen LogP contribution < -0.4 is 4.90 Å². The van der Waals surface area contributed by atoms with Gasteiger partial charge >= 0.3 is 0 Å². The lowest BCUT2D eigenvalue weighted by Gasteiger charge is -2.26. The SMILES string of the molecule is Cc1cc(O)c2c(c1N(C)C)C(=O)c1ccccc1C2=O. The number of nitrogens with zero attached hydrogens (tertiary/aromatic N) is 1. The average molecular weight is 281 g/mol. The van der Waals surface area contributed by atoms with Crippen LogP contribution in [0.2, 0.25) is 0 Å². The zero-order valence-electron chi connectivity index (χ0n) is 12.1. The van der Waals surface area contributed by atoms with E-state index < -0.39 is 0 Å². The molecular weight excluding hydrogens is 266 g/mol. The normalized spacial score (nSPS) is 12.9. The Morgan fingerprint density at radius 1 is 0.952 bits per heavy atom. The van der Waals surface area contributed by atoms with Gasteiger partial charge in [0.15, 0.2) is 11.6 Å². The molecule has 4 heteroatoms. The Hall–Kier alpha value is -2.62. The van der Waals surface area contributed by atoms with Crippen LogP contribution in [0.15, 0.2) is 30.3 Å². The van der Waals surface area contributed by atoms with Gasteiger partial charge < -0.3 is 10.0 Å². The van der Waals surface area contributed by atoms with Gasteiger partial charge in [-0.1, -0.05) is 24.3 Å². The van der Waals surface area contributed by atoms with E-state index in [1.165, 1.54) is 6.07 Å². The molecule has 0 saturated carbocycles. The summed E-state index contributed by atoms with van der Waals surface area (Å²) in [6.07, 6.45) is 0. The zero-order valence-corrected chi connectivity index (χ0v) is 12.1. The lowest BCUT2D eigenvalue weighted by Crippen LogP contribution is -2.25. The molecule has 1 aliphatic rings. The highest BCUT2D eigenvalue weighted by Crippen LogP contribution is 2.39. The van der Waals surface area contributed by atoms with Gasteiger partial charge in [0, 0.05) is 25.2 Å². The molecule has 0 radical (unpaired) electrons. The van der Waals surface area contributed by atoms with E-state index in [0.717, 1.165) is 5.56 Å². The Bertz CT molecular complexity index is 791. The quantitative estimate of drug-likeness (QED) is 0.744. The molecule has 106 valence electrons. The summed E-state index contributed by atoms with van der Waals surface area (Å²) in [5, 5.41) is 10.2. The first-order valence-corrected chi connectivity index (χ1v) is 6.65.